The molecule has 0 atom stereocenters. The molecule has 6 nitrogen and oxygen atoms in total. The van der Waals surface area contributed by atoms with E-state index in [1.54, 1.807) is 24.0 Å². The second-order valence-electron chi connectivity index (χ2n) is 3.62. The molecule has 3 N–H and O–H groups in total. The molecule has 1 aromatic rings. The van der Waals surface area contributed by atoms with Gasteiger partial charge in [0.2, 0.25) is 10.0 Å². The zero-order chi connectivity index (χ0) is 12.0. The zero-order valence-corrected chi connectivity index (χ0v) is 10.2. The summed E-state index contributed by atoms with van der Waals surface area (Å²) in [5.41, 5.74) is 6.01. The number of hydrogen-bond acceptors (Lipinski definition) is 4. The summed E-state index contributed by atoms with van der Waals surface area (Å²) in [6.07, 6.45) is 3.09. The summed E-state index contributed by atoms with van der Waals surface area (Å²) in [6.45, 7) is 0.765. The van der Waals surface area contributed by atoms with Gasteiger partial charge in [-0.3, -0.25) is 4.68 Å². The van der Waals surface area contributed by atoms with Crippen molar-refractivity contribution in [2.75, 3.05) is 12.3 Å². The third kappa shape index (κ3) is 4.73. The van der Waals surface area contributed by atoms with Gasteiger partial charge in [-0.1, -0.05) is 0 Å². The van der Waals surface area contributed by atoms with E-state index in [9.17, 15) is 8.42 Å². The predicted octanol–water partition coefficient (Wildman–Crippen LogP) is -0.422. The maximum absolute atomic E-state index is 11.5. The number of aromatic nitrogens is 2. The Morgan fingerprint density at radius 3 is 2.81 bits per heavy atom. The van der Waals surface area contributed by atoms with Crippen LogP contribution in [-0.4, -0.2) is 30.5 Å². The van der Waals surface area contributed by atoms with Crippen LogP contribution in [0.2, 0.25) is 0 Å². The topological polar surface area (TPSA) is 90.0 Å². The van der Waals surface area contributed by atoms with Gasteiger partial charge in [-0.25, -0.2) is 13.1 Å². The molecule has 0 aliphatic carbocycles. The minimum Gasteiger partial charge on any atom is -0.330 e. The Morgan fingerprint density at radius 2 is 2.25 bits per heavy atom. The van der Waals surface area contributed by atoms with Crippen molar-refractivity contribution in [3.05, 3.63) is 18.0 Å². The quantitative estimate of drug-likeness (QED) is 0.639. The fourth-order valence-corrected chi connectivity index (χ4v) is 2.35. The Labute approximate surface area is 95.9 Å². The molecule has 1 aromatic heterocycles. The van der Waals surface area contributed by atoms with Gasteiger partial charge < -0.3 is 5.73 Å². The second-order valence-corrected chi connectivity index (χ2v) is 5.54. The first-order valence-corrected chi connectivity index (χ1v) is 6.84. The first-order chi connectivity index (χ1) is 7.53. The van der Waals surface area contributed by atoms with Gasteiger partial charge in [-0.05, 0) is 25.5 Å². The van der Waals surface area contributed by atoms with Crippen LogP contribution in [-0.2, 0) is 23.6 Å². The molecule has 0 unspecified atom stereocenters. The van der Waals surface area contributed by atoms with Crippen LogP contribution in [0.1, 0.15) is 18.5 Å². The number of unbranched alkanes of at least 4 members (excludes halogenated alkanes) is 1. The molecule has 1 heterocycles. The number of aryl methyl sites for hydroxylation is 1. The highest BCUT2D eigenvalue weighted by molar-refractivity contribution is 7.89. The lowest BCUT2D eigenvalue weighted by atomic mass is 10.3. The van der Waals surface area contributed by atoms with Crippen molar-refractivity contribution < 1.29 is 8.42 Å². The summed E-state index contributed by atoms with van der Waals surface area (Å²) < 4.78 is 27.1. The number of nitrogens with two attached hydrogens (primary N) is 1. The largest absolute Gasteiger partial charge is 0.330 e. The van der Waals surface area contributed by atoms with Crippen molar-refractivity contribution in [3.8, 4) is 0 Å². The third-order valence-corrected chi connectivity index (χ3v) is 3.52. The molecule has 7 heteroatoms. The summed E-state index contributed by atoms with van der Waals surface area (Å²) in [5.74, 6) is 0.122. The van der Waals surface area contributed by atoms with E-state index in [2.05, 4.69) is 9.82 Å². The molecule has 0 saturated carbocycles. The van der Waals surface area contributed by atoms with Crippen molar-refractivity contribution in [2.24, 2.45) is 12.8 Å². The van der Waals surface area contributed by atoms with Crippen LogP contribution in [0, 0.1) is 0 Å². The van der Waals surface area contributed by atoms with E-state index in [0.717, 1.165) is 6.42 Å². The zero-order valence-electron chi connectivity index (χ0n) is 9.39. The van der Waals surface area contributed by atoms with Gasteiger partial charge in [0, 0.05) is 13.2 Å². The Kier molecular flexibility index (Phi) is 4.91. The second kappa shape index (κ2) is 5.97. The molecule has 0 spiro atoms. The number of nitrogens with zero attached hydrogens (tertiary/aromatic N) is 2. The van der Waals surface area contributed by atoms with E-state index in [-0.39, 0.29) is 12.3 Å². The van der Waals surface area contributed by atoms with E-state index in [4.69, 9.17) is 5.73 Å². The first-order valence-electron chi connectivity index (χ1n) is 5.19. The van der Waals surface area contributed by atoms with Crippen LogP contribution < -0.4 is 10.5 Å². The number of nitrogens with one attached hydrogen (secondary N) is 1. The lowest BCUT2D eigenvalue weighted by Crippen LogP contribution is -2.26. The van der Waals surface area contributed by atoms with Crippen molar-refractivity contribution in [3.63, 3.8) is 0 Å². The molecule has 0 amide bonds. The average Bonchev–Trinajstić information content (AvgIpc) is 2.62. The Morgan fingerprint density at radius 1 is 1.50 bits per heavy atom. The van der Waals surface area contributed by atoms with E-state index in [0.29, 0.717) is 18.7 Å². The number of sulfonamides is 1. The summed E-state index contributed by atoms with van der Waals surface area (Å²) in [4.78, 5) is 0. The smallest absolute Gasteiger partial charge is 0.211 e. The van der Waals surface area contributed by atoms with E-state index >= 15 is 0 Å². The maximum Gasteiger partial charge on any atom is 0.211 e. The SMILES string of the molecule is Cn1ccc(CNS(=O)(=O)CCCCN)n1. The highest BCUT2D eigenvalue weighted by Gasteiger charge is 2.09. The van der Waals surface area contributed by atoms with Crippen molar-refractivity contribution in [1.82, 2.24) is 14.5 Å². The molecular weight excluding hydrogens is 228 g/mol. The van der Waals surface area contributed by atoms with Gasteiger partial charge >= 0.3 is 0 Å². The van der Waals surface area contributed by atoms with E-state index in [1.165, 1.54) is 0 Å². The van der Waals surface area contributed by atoms with Gasteiger partial charge in [0.1, 0.15) is 0 Å². The fourth-order valence-electron chi connectivity index (χ4n) is 1.25. The molecule has 0 aromatic carbocycles. The minimum absolute atomic E-state index is 0.122. The highest BCUT2D eigenvalue weighted by Crippen LogP contribution is 1.97. The lowest BCUT2D eigenvalue weighted by molar-refractivity contribution is 0.575. The molecule has 16 heavy (non-hydrogen) atoms. The highest BCUT2D eigenvalue weighted by atomic mass is 32.2. The van der Waals surface area contributed by atoms with Gasteiger partial charge in [-0.2, -0.15) is 5.10 Å². The molecule has 0 radical (unpaired) electrons. The molecule has 0 aliphatic rings. The Bertz CT molecular complexity index is 413. The first kappa shape index (κ1) is 13.1. The molecule has 1 rings (SSSR count). The summed E-state index contributed by atoms with van der Waals surface area (Å²) in [7, 11) is -1.41. The van der Waals surface area contributed by atoms with Crippen molar-refractivity contribution in [2.45, 2.75) is 19.4 Å². The molecule has 92 valence electrons. The van der Waals surface area contributed by atoms with Crippen LogP contribution >= 0.6 is 0 Å². The fraction of sp³-hybridized carbons (Fsp3) is 0.667. The van der Waals surface area contributed by atoms with Crippen molar-refractivity contribution in [1.29, 1.82) is 0 Å². The van der Waals surface area contributed by atoms with Crippen LogP contribution in [0.4, 0.5) is 0 Å². The number of rotatable bonds is 7. The molecule has 0 aliphatic heterocycles. The molecule has 0 fully saturated rings. The standard InChI is InChI=1S/C9H18N4O2S/c1-13-6-4-9(12-13)8-11-16(14,15)7-3-2-5-10/h4,6,11H,2-3,5,7-8,10H2,1H3. The molecule has 0 bridgehead atoms. The van der Waals surface area contributed by atoms with Gasteiger partial charge in [0.05, 0.1) is 18.0 Å². The van der Waals surface area contributed by atoms with Gasteiger partial charge in [0.25, 0.3) is 0 Å². The predicted molar refractivity (Wildman–Crippen MR) is 62.1 cm³/mol. The summed E-state index contributed by atoms with van der Waals surface area (Å²) in [5, 5.41) is 4.08. The van der Waals surface area contributed by atoms with Crippen molar-refractivity contribution >= 4 is 10.0 Å². The number of hydrogen-bond donors (Lipinski definition) is 2. The Balaban J connectivity index is 2.36. The monoisotopic (exact) mass is 246 g/mol. The molecule has 0 saturated heterocycles. The summed E-state index contributed by atoms with van der Waals surface area (Å²) in [6, 6.07) is 1.78. The van der Waals surface area contributed by atoms with E-state index < -0.39 is 10.0 Å². The maximum atomic E-state index is 11.5. The third-order valence-electron chi connectivity index (χ3n) is 2.11. The molecular formula is C9H18N4O2S. The van der Waals surface area contributed by atoms with Crippen LogP contribution in [0.25, 0.3) is 0 Å². The van der Waals surface area contributed by atoms with E-state index in [1.807, 2.05) is 0 Å². The average molecular weight is 246 g/mol. The lowest BCUT2D eigenvalue weighted by Gasteiger charge is -2.04. The van der Waals surface area contributed by atoms with Crippen LogP contribution in [0.5, 0.6) is 0 Å². The van der Waals surface area contributed by atoms with Crippen LogP contribution in [0.3, 0.4) is 0 Å². The normalized spacial score (nSPS) is 11.9. The van der Waals surface area contributed by atoms with Gasteiger partial charge in [-0.15, -0.1) is 0 Å². The Hall–Kier alpha value is -0.920. The van der Waals surface area contributed by atoms with Gasteiger partial charge in [0.15, 0.2) is 0 Å². The minimum atomic E-state index is -3.20. The summed E-state index contributed by atoms with van der Waals surface area (Å²) >= 11 is 0. The van der Waals surface area contributed by atoms with Crippen LogP contribution in [0.15, 0.2) is 12.3 Å².